The average molecular weight is 254 g/mol. The van der Waals surface area contributed by atoms with Gasteiger partial charge in [0.05, 0.1) is 0 Å². The summed E-state index contributed by atoms with van der Waals surface area (Å²) < 4.78 is 0. The summed E-state index contributed by atoms with van der Waals surface area (Å²) in [5.41, 5.74) is 1.30. The quantitative estimate of drug-likeness (QED) is 0.670. The summed E-state index contributed by atoms with van der Waals surface area (Å²) in [6, 6.07) is 8.39. The summed E-state index contributed by atoms with van der Waals surface area (Å²) in [5, 5.41) is 2.47. The molecule has 0 saturated heterocycles. The number of hydrogen-bond donors (Lipinski definition) is 0. The average Bonchev–Trinajstić information content (AvgIpc) is 2.34. The van der Waals surface area contributed by atoms with Crippen LogP contribution < -0.4 is 0 Å². The Morgan fingerprint density at radius 3 is 2.12 bits per heavy atom. The van der Waals surface area contributed by atoms with Gasteiger partial charge in [-0.25, -0.2) is 0 Å². The van der Waals surface area contributed by atoms with E-state index in [2.05, 4.69) is 30.1 Å². The molecule has 0 aliphatic carbocycles. The summed E-state index contributed by atoms with van der Waals surface area (Å²) >= 11 is 0. The van der Waals surface area contributed by atoms with Crippen LogP contribution in [0.25, 0.3) is 10.8 Å². The first kappa shape index (κ1) is 17.6. The minimum atomic E-state index is 0. The van der Waals surface area contributed by atoms with Crippen LogP contribution in [0.3, 0.4) is 0 Å². The third-order valence-corrected chi connectivity index (χ3v) is 1.80. The Hall–Kier alpha value is -0.786. The molecule has 1 heterocycles. The molecule has 0 unspecified atom stereocenters. The van der Waals surface area contributed by atoms with Gasteiger partial charge < -0.3 is 0 Å². The number of nitrogens with zero attached hydrogens (tertiary/aromatic N) is 1. The van der Waals surface area contributed by atoms with E-state index in [1.807, 2.05) is 46.2 Å². The molecule has 0 fully saturated rings. The van der Waals surface area contributed by atoms with Crippen molar-refractivity contribution in [3.05, 3.63) is 42.2 Å². The van der Waals surface area contributed by atoms with Crippen molar-refractivity contribution in [1.82, 2.24) is 4.98 Å². The number of fused-ring (bicyclic) bond motifs is 1. The zero-order valence-electron chi connectivity index (χ0n) is 10.9. The first-order chi connectivity index (χ1) is 7.36. The van der Waals surface area contributed by atoms with Gasteiger partial charge >= 0.3 is 0 Å². The largest absolute Gasteiger partial charge is 0.264 e. The van der Waals surface area contributed by atoms with Gasteiger partial charge in [-0.05, 0) is 18.4 Å². The van der Waals surface area contributed by atoms with Gasteiger partial charge in [-0.3, -0.25) is 4.98 Å². The minimum Gasteiger partial charge on any atom is -0.264 e. The molecule has 2 heteroatoms. The van der Waals surface area contributed by atoms with Crippen LogP contribution in [-0.4, -0.2) is 4.98 Å². The molecule has 0 atom stereocenters. The molecule has 0 amide bonds. The van der Waals surface area contributed by atoms with Crippen LogP contribution in [0.1, 0.15) is 33.3 Å². The summed E-state index contributed by atoms with van der Waals surface area (Å²) in [6.07, 6.45) is 3.70. The van der Waals surface area contributed by atoms with Gasteiger partial charge in [-0.1, -0.05) is 51.5 Å². The topological polar surface area (TPSA) is 12.9 Å². The van der Waals surface area contributed by atoms with E-state index in [9.17, 15) is 0 Å². The van der Waals surface area contributed by atoms with Crippen LogP contribution in [0, 0.1) is 6.92 Å². The molecule has 1 radical (unpaired) electrons. The molecule has 1 aromatic carbocycles. The Labute approximate surface area is 111 Å². The van der Waals surface area contributed by atoms with E-state index in [1.165, 1.54) is 16.3 Å². The number of pyridine rings is 1. The number of benzene rings is 1. The number of aryl methyl sites for hydroxylation is 1. The Kier molecular flexibility index (Phi) is 11.8. The van der Waals surface area contributed by atoms with E-state index < -0.39 is 0 Å². The van der Waals surface area contributed by atoms with Crippen molar-refractivity contribution in [1.29, 1.82) is 0 Å². The van der Waals surface area contributed by atoms with E-state index in [-0.39, 0.29) is 18.6 Å². The fourth-order valence-electron chi connectivity index (χ4n) is 1.20. The standard InChI is InChI=1S/C10H9N.2C2H6.V/c1-8-2-3-10-7-11-5-4-9(10)6-8;2*1-2;/h2-7H,1H3;2*1-2H3;. The summed E-state index contributed by atoms with van der Waals surface area (Å²) in [7, 11) is 0. The molecule has 1 nitrogen and oxygen atoms in total. The zero-order valence-corrected chi connectivity index (χ0v) is 12.3. The maximum atomic E-state index is 4.04. The molecule has 2 aromatic rings. The summed E-state index contributed by atoms with van der Waals surface area (Å²) in [5.74, 6) is 0. The van der Waals surface area contributed by atoms with Gasteiger partial charge in [0.15, 0.2) is 0 Å². The molecule has 0 spiro atoms. The van der Waals surface area contributed by atoms with E-state index in [1.54, 1.807) is 0 Å². The number of rotatable bonds is 0. The second-order valence-electron chi connectivity index (χ2n) is 2.73. The molecular weight excluding hydrogens is 233 g/mol. The van der Waals surface area contributed by atoms with E-state index in [0.29, 0.717) is 0 Å². The fourth-order valence-corrected chi connectivity index (χ4v) is 1.20. The first-order valence-corrected chi connectivity index (χ1v) is 5.67. The van der Waals surface area contributed by atoms with Crippen LogP contribution in [0.15, 0.2) is 36.7 Å². The molecule has 87 valence electrons. The van der Waals surface area contributed by atoms with Crippen molar-refractivity contribution in [3.8, 4) is 0 Å². The van der Waals surface area contributed by atoms with Crippen LogP contribution in [0.2, 0.25) is 0 Å². The molecule has 2 rings (SSSR count). The maximum absolute atomic E-state index is 4.04. The molecule has 0 aliphatic heterocycles. The number of hydrogen-bond acceptors (Lipinski definition) is 1. The Balaban J connectivity index is 0. The van der Waals surface area contributed by atoms with Gasteiger partial charge in [-0.15, -0.1) is 0 Å². The smallest absolute Gasteiger partial charge is 0.0346 e. The van der Waals surface area contributed by atoms with Crippen molar-refractivity contribution in [2.45, 2.75) is 34.6 Å². The van der Waals surface area contributed by atoms with Crippen molar-refractivity contribution in [2.24, 2.45) is 0 Å². The third-order valence-electron chi connectivity index (χ3n) is 1.80. The monoisotopic (exact) mass is 254 g/mol. The zero-order chi connectivity index (χ0) is 11.7. The number of aromatic nitrogens is 1. The van der Waals surface area contributed by atoms with Gasteiger partial charge in [-0.2, -0.15) is 0 Å². The SMILES string of the molecule is CC.CC.Cc1ccc2cnccc2c1.[V]. The molecule has 16 heavy (non-hydrogen) atoms. The second-order valence-corrected chi connectivity index (χ2v) is 2.73. The van der Waals surface area contributed by atoms with Gasteiger partial charge in [0, 0.05) is 36.3 Å². The normalized spacial score (nSPS) is 7.81. The van der Waals surface area contributed by atoms with Crippen LogP contribution in [-0.2, 0) is 18.6 Å². The molecule has 0 bridgehead atoms. The van der Waals surface area contributed by atoms with Crippen LogP contribution in [0.5, 0.6) is 0 Å². The molecule has 0 N–H and O–H groups in total. The van der Waals surface area contributed by atoms with Crippen molar-refractivity contribution in [2.75, 3.05) is 0 Å². The summed E-state index contributed by atoms with van der Waals surface area (Å²) in [4.78, 5) is 4.04. The van der Waals surface area contributed by atoms with Crippen LogP contribution >= 0.6 is 0 Å². The van der Waals surface area contributed by atoms with Crippen molar-refractivity contribution >= 4 is 10.8 Å². The maximum Gasteiger partial charge on any atom is 0.0346 e. The molecular formula is C14H21NV. The summed E-state index contributed by atoms with van der Waals surface area (Å²) in [6.45, 7) is 10.1. The predicted octanol–water partition coefficient (Wildman–Crippen LogP) is 4.59. The Bertz CT molecular complexity index is 385. The molecule has 0 aliphatic rings. The predicted molar refractivity (Wildman–Crippen MR) is 69.2 cm³/mol. The van der Waals surface area contributed by atoms with Gasteiger partial charge in [0.2, 0.25) is 0 Å². The van der Waals surface area contributed by atoms with E-state index in [0.717, 1.165) is 0 Å². The van der Waals surface area contributed by atoms with Crippen LogP contribution in [0.4, 0.5) is 0 Å². The first-order valence-electron chi connectivity index (χ1n) is 5.67. The van der Waals surface area contributed by atoms with Gasteiger partial charge in [0.1, 0.15) is 0 Å². The van der Waals surface area contributed by atoms with E-state index in [4.69, 9.17) is 0 Å². The minimum absolute atomic E-state index is 0. The Morgan fingerprint density at radius 1 is 0.875 bits per heavy atom. The molecule has 1 aromatic heterocycles. The van der Waals surface area contributed by atoms with Crippen molar-refractivity contribution in [3.63, 3.8) is 0 Å². The molecule has 0 saturated carbocycles. The Morgan fingerprint density at radius 2 is 1.50 bits per heavy atom. The van der Waals surface area contributed by atoms with Gasteiger partial charge in [0.25, 0.3) is 0 Å². The van der Waals surface area contributed by atoms with E-state index >= 15 is 0 Å². The second kappa shape index (κ2) is 10.7. The third kappa shape index (κ3) is 5.34. The van der Waals surface area contributed by atoms with Crippen molar-refractivity contribution < 1.29 is 18.6 Å². The fraction of sp³-hybridized carbons (Fsp3) is 0.357.